The quantitative estimate of drug-likeness (QED) is 0.708. The zero-order valence-corrected chi connectivity index (χ0v) is 12.0. The molecule has 0 spiro atoms. The van der Waals surface area contributed by atoms with Crippen molar-refractivity contribution in [1.82, 2.24) is 4.98 Å². The molecule has 106 valence electrons. The first-order chi connectivity index (χ1) is 9.08. The van der Waals surface area contributed by atoms with Crippen molar-refractivity contribution in [3.63, 3.8) is 0 Å². The van der Waals surface area contributed by atoms with Gasteiger partial charge in [-0.1, -0.05) is 0 Å². The minimum absolute atomic E-state index is 0.0595. The number of pyridine rings is 1. The largest absolute Gasteiger partial charge is 0.487 e. The third-order valence-electron chi connectivity index (χ3n) is 2.42. The van der Waals surface area contributed by atoms with Gasteiger partial charge in [0.2, 0.25) is 0 Å². The monoisotopic (exact) mass is 266 g/mol. The molecule has 0 saturated carbocycles. The van der Waals surface area contributed by atoms with Crippen molar-refractivity contribution in [3.8, 4) is 5.75 Å². The number of anilines is 1. The predicted octanol–water partition coefficient (Wildman–Crippen LogP) is 2.26. The van der Waals surface area contributed by atoms with Crippen LogP contribution in [0.15, 0.2) is 18.3 Å². The second-order valence-corrected chi connectivity index (χ2v) is 4.31. The third-order valence-corrected chi connectivity index (χ3v) is 2.42. The maximum Gasteiger partial charge on any atom is 0.325 e. The molecule has 1 aromatic heterocycles. The first-order valence-corrected chi connectivity index (χ1v) is 6.60. The van der Waals surface area contributed by atoms with Crippen LogP contribution in [0.4, 0.5) is 5.82 Å². The van der Waals surface area contributed by atoms with E-state index in [1.54, 1.807) is 13.1 Å². The summed E-state index contributed by atoms with van der Waals surface area (Å²) in [4.78, 5) is 17.7. The summed E-state index contributed by atoms with van der Waals surface area (Å²) >= 11 is 0. The maximum atomic E-state index is 11.6. The number of carbonyl (C=O) groups is 1. The number of hydrogen-bond acceptors (Lipinski definition) is 5. The number of esters is 1. The Labute approximate surface area is 114 Å². The zero-order chi connectivity index (χ0) is 14.3. The fourth-order valence-corrected chi connectivity index (χ4v) is 1.66. The Morgan fingerprint density at radius 2 is 2.16 bits per heavy atom. The normalized spacial score (nSPS) is 10.4. The Kier molecular flexibility index (Phi) is 6.12. The van der Waals surface area contributed by atoms with E-state index in [-0.39, 0.29) is 18.6 Å². The fraction of sp³-hybridized carbons (Fsp3) is 0.571. The molecule has 5 nitrogen and oxygen atoms in total. The van der Waals surface area contributed by atoms with Gasteiger partial charge in [-0.2, -0.15) is 0 Å². The molecule has 0 bridgehead atoms. The third kappa shape index (κ3) is 4.77. The molecule has 0 fully saturated rings. The van der Waals surface area contributed by atoms with Gasteiger partial charge >= 0.3 is 5.97 Å². The molecule has 1 heterocycles. The minimum Gasteiger partial charge on any atom is -0.487 e. The number of rotatable bonds is 7. The van der Waals surface area contributed by atoms with Crippen molar-refractivity contribution in [2.75, 3.05) is 24.6 Å². The number of ether oxygens (including phenoxy) is 2. The molecule has 0 N–H and O–H groups in total. The number of carbonyl (C=O) groups excluding carboxylic acids is 1. The Balaban J connectivity index is 2.88. The van der Waals surface area contributed by atoms with Crippen LogP contribution >= 0.6 is 0 Å². The summed E-state index contributed by atoms with van der Waals surface area (Å²) in [5.74, 6) is 1.10. The number of aromatic nitrogens is 1. The summed E-state index contributed by atoms with van der Waals surface area (Å²) in [5.41, 5.74) is 0. The molecule has 0 saturated heterocycles. The van der Waals surface area contributed by atoms with Gasteiger partial charge in [-0.25, -0.2) is 4.98 Å². The van der Waals surface area contributed by atoms with Gasteiger partial charge in [0, 0.05) is 12.7 Å². The number of hydrogen-bond donors (Lipinski definition) is 0. The Hall–Kier alpha value is -1.78. The highest BCUT2D eigenvalue weighted by Crippen LogP contribution is 2.26. The van der Waals surface area contributed by atoms with E-state index in [1.807, 2.05) is 37.8 Å². The summed E-state index contributed by atoms with van der Waals surface area (Å²) in [6, 6.07) is 3.68. The van der Waals surface area contributed by atoms with E-state index in [0.29, 0.717) is 24.7 Å². The highest BCUT2D eigenvalue weighted by Gasteiger charge is 2.16. The van der Waals surface area contributed by atoms with Crippen molar-refractivity contribution in [2.45, 2.75) is 33.8 Å². The van der Waals surface area contributed by atoms with Crippen LogP contribution in [0, 0.1) is 0 Å². The van der Waals surface area contributed by atoms with Crippen LogP contribution in [-0.4, -0.2) is 36.8 Å². The van der Waals surface area contributed by atoms with E-state index in [9.17, 15) is 4.79 Å². The van der Waals surface area contributed by atoms with Crippen molar-refractivity contribution >= 4 is 11.8 Å². The summed E-state index contributed by atoms with van der Waals surface area (Å²) < 4.78 is 10.7. The molecule has 0 unspecified atom stereocenters. The predicted molar refractivity (Wildman–Crippen MR) is 74.5 cm³/mol. The maximum absolute atomic E-state index is 11.6. The molecule has 5 heteroatoms. The van der Waals surface area contributed by atoms with Crippen LogP contribution < -0.4 is 9.64 Å². The van der Waals surface area contributed by atoms with E-state index in [2.05, 4.69) is 4.98 Å². The SMILES string of the molecule is CCOC(=O)CN(CC)c1ncccc1OC(C)C. The van der Waals surface area contributed by atoms with Gasteiger partial charge in [-0.05, 0) is 39.8 Å². The molecule has 1 rings (SSSR count). The summed E-state index contributed by atoms with van der Waals surface area (Å²) in [6.07, 6.45) is 1.75. The molecule has 0 aromatic carbocycles. The summed E-state index contributed by atoms with van der Waals surface area (Å²) in [6.45, 7) is 8.89. The molecular formula is C14H22N2O3. The van der Waals surface area contributed by atoms with Gasteiger partial charge in [0.05, 0.1) is 12.7 Å². The van der Waals surface area contributed by atoms with Gasteiger partial charge in [-0.3, -0.25) is 4.79 Å². The molecule has 19 heavy (non-hydrogen) atoms. The minimum atomic E-state index is -0.259. The molecule has 0 aliphatic heterocycles. The highest BCUT2D eigenvalue weighted by molar-refractivity contribution is 5.76. The van der Waals surface area contributed by atoms with Gasteiger partial charge in [0.1, 0.15) is 6.54 Å². The molecule has 0 aliphatic carbocycles. The molecule has 0 atom stereocenters. The van der Waals surface area contributed by atoms with Crippen molar-refractivity contribution in [2.24, 2.45) is 0 Å². The lowest BCUT2D eigenvalue weighted by atomic mass is 10.3. The van der Waals surface area contributed by atoms with E-state index in [0.717, 1.165) is 0 Å². The molecule has 0 amide bonds. The van der Waals surface area contributed by atoms with Crippen LogP contribution in [0.25, 0.3) is 0 Å². The second-order valence-electron chi connectivity index (χ2n) is 4.31. The van der Waals surface area contributed by atoms with Gasteiger partial charge < -0.3 is 14.4 Å². The number of likely N-dealkylation sites (N-methyl/N-ethyl adjacent to an activating group) is 1. The topological polar surface area (TPSA) is 51.7 Å². The van der Waals surface area contributed by atoms with E-state index >= 15 is 0 Å². The molecule has 0 radical (unpaired) electrons. The van der Waals surface area contributed by atoms with Gasteiger partial charge in [0.15, 0.2) is 11.6 Å². The lowest BCUT2D eigenvalue weighted by molar-refractivity contribution is -0.141. The van der Waals surface area contributed by atoms with Crippen LogP contribution in [0.2, 0.25) is 0 Å². The standard InChI is InChI=1S/C14H22N2O3/c1-5-16(10-13(17)18-6-2)14-12(19-11(3)4)8-7-9-15-14/h7-9,11H,5-6,10H2,1-4H3. The smallest absolute Gasteiger partial charge is 0.325 e. The summed E-state index contributed by atoms with van der Waals surface area (Å²) in [5, 5.41) is 0. The number of nitrogens with zero attached hydrogens (tertiary/aromatic N) is 2. The lowest BCUT2D eigenvalue weighted by Gasteiger charge is -2.23. The highest BCUT2D eigenvalue weighted by atomic mass is 16.5. The first kappa shape index (κ1) is 15.3. The van der Waals surface area contributed by atoms with Crippen molar-refractivity contribution < 1.29 is 14.3 Å². The average Bonchev–Trinajstić information content (AvgIpc) is 2.36. The molecule has 1 aromatic rings. The van der Waals surface area contributed by atoms with Crippen LogP contribution in [0.1, 0.15) is 27.7 Å². The average molecular weight is 266 g/mol. The van der Waals surface area contributed by atoms with Gasteiger partial charge in [0.25, 0.3) is 0 Å². The van der Waals surface area contributed by atoms with Crippen LogP contribution in [0.5, 0.6) is 5.75 Å². The van der Waals surface area contributed by atoms with Gasteiger partial charge in [-0.15, -0.1) is 0 Å². The van der Waals surface area contributed by atoms with Crippen LogP contribution in [-0.2, 0) is 9.53 Å². The fourth-order valence-electron chi connectivity index (χ4n) is 1.66. The first-order valence-electron chi connectivity index (χ1n) is 6.60. The van der Waals surface area contributed by atoms with Crippen molar-refractivity contribution in [1.29, 1.82) is 0 Å². The summed E-state index contributed by atoms with van der Waals surface area (Å²) in [7, 11) is 0. The lowest BCUT2D eigenvalue weighted by Crippen LogP contribution is -2.32. The van der Waals surface area contributed by atoms with Crippen molar-refractivity contribution in [3.05, 3.63) is 18.3 Å². The Morgan fingerprint density at radius 3 is 2.74 bits per heavy atom. The van der Waals surface area contributed by atoms with E-state index in [4.69, 9.17) is 9.47 Å². The zero-order valence-electron chi connectivity index (χ0n) is 12.0. The Bertz CT molecular complexity index is 407. The second kappa shape index (κ2) is 7.61. The van der Waals surface area contributed by atoms with E-state index < -0.39 is 0 Å². The van der Waals surface area contributed by atoms with E-state index in [1.165, 1.54) is 0 Å². The molecular weight excluding hydrogens is 244 g/mol. The Morgan fingerprint density at radius 1 is 1.42 bits per heavy atom. The van der Waals surface area contributed by atoms with Crippen LogP contribution in [0.3, 0.4) is 0 Å². The molecule has 0 aliphatic rings.